The summed E-state index contributed by atoms with van der Waals surface area (Å²) in [6.45, 7) is 13.6. The first kappa shape index (κ1) is 18.0. The maximum absolute atomic E-state index is 12.0. The highest BCUT2D eigenvalue weighted by Gasteiger charge is 2.61. The van der Waals surface area contributed by atoms with E-state index in [1.807, 2.05) is 34.6 Å². The van der Waals surface area contributed by atoms with Gasteiger partial charge >= 0.3 is 12.1 Å². The Morgan fingerprint density at radius 1 is 1.17 bits per heavy atom. The number of rotatable bonds is 4. The molecule has 23 heavy (non-hydrogen) atoms. The number of piperazine rings is 1. The van der Waals surface area contributed by atoms with Crippen LogP contribution in [0.1, 0.15) is 41.0 Å². The highest BCUT2D eigenvalue weighted by atomic mass is 16.6. The molecule has 2 atom stereocenters. The van der Waals surface area contributed by atoms with Gasteiger partial charge in [-0.1, -0.05) is 13.8 Å². The summed E-state index contributed by atoms with van der Waals surface area (Å²) in [5, 5.41) is 9.21. The molecule has 2 rings (SSSR count). The number of hydrogen-bond donors (Lipinski definition) is 1. The van der Waals surface area contributed by atoms with Gasteiger partial charge in [-0.25, -0.2) is 4.79 Å². The van der Waals surface area contributed by atoms with Crippen LogP contribution in [-0.4, -0.2) is 65.3 Å². The molecule has 1 amide bonds. The zero-order valence-corrected chi connectivity index (χ0v) is 15.0. The Hall–Kier alpha value is -1.30. The maximum Gasteiger partial charge on any atom is 0.410 e. The van der Waals surface area contributed by atoms with Crippen molar-refractivity contribution in [2.75, 3.05) is 32.7 Å². The van der Waals surface area contributed by atoms with E-state index in [4.69, 9.17) is 4.74 Å². The lowest BCUT2D eigenvalue weighted by Gasteiger charge is -2.35. The van der Waals surface area contributed by atoms with Crippen molar-refractivity contribution in [3.05, 3.63) is 0 Å². The molecule has 1 N–H and O–H groups in total. The van der Waals surface area contributed by atoms with Gasteiger partial charge < -0.3 is 14.7 Å². The van der Waals surface area contributed by atoms with Crippen LogP contribution in [0.15, 0.2) is 0 Å². The van der Waals surface area contributed by atoms with Crippen molar-refractivity contribution < 1.29 is 19.4 Å². The van der Waals surface area contributed by atoms with Gasteiger partial charge in [-0.2, -0.15) is 0 Å². The summed E-state index contributed by atoms with van der Waals surface area (Å²) in [6, 6.07) is 0. The molecular formula is C17H30N2O4. The van der Waals surface area contributed by atoms with Crippen LogP contribution in [0.3, 0.4) is 0 Å². The van der Waals surface area contributed by atoms with E-state index < -0.39 is 11.6 Å². The Balaban J connectivity index is 1.72. The van der Waals surface area contributed by atoms with Gasteiger partial charge in [0.15, 0.2) is 0 Å². The van der Waals surface area contributed by atoms with E-state index in [2.05, 4.69) is 4.90 Å². The number of carbonyl (C=O) groups excluding carboxylic acids is 1. The first-order valence-electron chi connectivity index (χ1n) is 8.45. The monoisotopic (exact) mass is 326 g/mol. The second-order valence-corrected chi connectivity index (χ2v) is 8.34. The molecule has 6 heteroatoms. The van der Waals surface area contributed by atoms with Gasteiger partial charge in [0.2, 0.25) is 0 Å². The summed E-state index contributed by atoms with van der Waals surface area (Å²) < 4.78 is 5.39. The topological polar surface area (TPSA) is 70.1 Å². The van der Waals surface area contributed by atoms with Crippen LogP contribution in [0, 0.1) is 17.3 Å². The predicted molar refractivity (Wildman–Crippen MR) is 87.3 cm³/mol. The molecule has 0 aromatic rings. The van der Waals surface area contributed by atoms with Crippen molar-refractivity contribution in [1.82, 2.24) is 9.80 Å². The number of aliphatic carboxylic acids is 1. The third kappa shape index (κ3) is 4.37. The number of carbonyl (C=O) groups is 2. The zero-order chi connectivity index (χ0) is 17.4. The molecule has 1 aliphatic carbocycles. The van der Waals surface area contributed by atoms with E-state index >= 15 is 0 Å². The number of ether oxygens (including phenoxy) is 1. The van der Waals surface area contributed by atoms with Crippen molar-refractivity contribution in [1.29, 1.82) is 0 Å². The molecule has 0 bridgehead atoms. The molecule has 1 saturated heterocycles. The minimum absolute atomic E-state index is 0.0792. The van der Waals surface area contributed by atoms with Crippen molar-refractivity contribution in [2.24, 2.45) is 17.3 Å². The van der Waals surface area contributed by atoms with E-state index in [0.29, 0.717) is 13.1 Å². The van der Waals surface area contributed by atoms with Gasteiger partial charge in [-0.05, 0) is 45.1 Å². The number of hydrogen-bond acceptors (Lipinski definition) is 4. The lowest BCUT2D eigenvalue weighted by atomic mass is 10.1. The number of nitrogens with zero attached hydrogens (tertiary/aromatic N) is 2. The van der Waals surface area contributed by atoms with Crippen molar-refractivity contribution in [3.63, 3.8) is 0 Å². The molecule has 2 aliphatic rings. The fraction of sp³-hybridized carbons (Fsp3) is 0.882. The summed E-state index contributed by atoms with van der Waals surface area (Å²) >= 11 is 0. The van der Waals surface area contributed by atoms with Crippen LogP contribution in [0.5, 0.6) is 0 Å². The minimum atomic E-state index is -0.672. The van der Waals surface area contributed by atoms with Crippen LogP contribution in [0.25, 0.3) is 0 Å². The highest BCUT2D eigenvalue weighted by Crippen LogP contribution is 2.59. The Kier molecular flexibility index (Phi) is 4.95. The number of amides is 1. The Morgan fingerprint density at radius 3 is 2.17 bits per heavy atom. The molecule has 0 spiro atoms. The SMILES string of the molecule is CC(C)(C)OC(=O)N1CCN(CC[C@H]2[C@H](C(=O)O)C2(C)C)CC1. The Morgan fingerprint density at radius 2 is 1.74 bits per heavy atom. The average Bonchev–Trinajstić information content (AvgIpc) is 2.97. The zero-order valence-electron chi connectivity index (χ0n) is 15.0. The molecule has 0 unspecified atom stereocenters. The smallest absolute Gasteiger partial charge is 0.410 e. The first-order chi connectivity index (χ1) is 10.5. The van der Waals surface area contributed by atoms with Gasteiger partial charge in [0, 0.05) is 26.2 Å². The lowest BCUT2D eigenvalue weighted by molar-refractivity contribution is -0.139. The van der Waals surface area contributed by atoms with Crippen LogP contribution in [0.2, 0.25) is 0 Å². The fourth-order valence-electron chi connectivity index (χ4n) is 3.58. The molecule has 1 aliphatic heterocycles. The maximum atomic E-state index is 12.0. The third-order valence-electron chi connectivity index (χ3n) is 5.10. The molecule has 1 saturated carbocycles. The second-order valence-electron chi connectivity index (χ2n) is 8.34. The third-order valence-corrected chi connectivity index (χ3v) is 5.10. The van der Waals surface area contributed by atoms with E-state index in [1.165, 1.54) is 0 Å². The van der Waals surface area contributed by atoms with E-state index in [9.17, 15) is 14.7 Å². The van der Waals surface area contributed by atoms with E-state index in [0.717, 1.165) is 26.1 Å². The van der Waals surface area contributed by atoms with Crippen LogP contribution in [0.4, 0.5) is 4.79 Å². The predicted octanol–water partition coefficient (Wildman–Crippen LogP) is 2.29. The summed E-state index contributed by atoms with van der Waals surface area (Å²) in [5.41, 5.74) is -0.540. The van der Waals surface area contributed by atoms with Crippen molar-refractivity contribution in [3.8, 4) is 0 Å². The molecule has 0 aromatic carbocycles. The van der Waals surface area contributed by atoms with Gasteiger partial charge in [-0.15, -0.1) is 0 Å². The van der Waals surface area contributed by atoms with E-state index in [-0.39, 0.29) is 23.3 Å². The largest absolute Gasteiger partial charge is 0.481 e. The summed E-state index contributed by atoms with van der Waals surface area (Å²) in [5.74, 6) is -0.607. The normalized spacial score (nSPS) is 27.6. The Labute approximate surface area is 138 Å². The molecule has 2 fully saturated rings. The minimum Gasteiger partial charge on any atom is -0.481 e. The summed E-state index contributed by atoms with van der Waals surface area (Å²) in [7, 11) is 0. The highest BCUT2D eigenvalue weighted by molar-refractivity contribution is 5.75. The van der Waals surface area contributed by atoms with Crippen LogP contribution >= 0.6 is 0 Å². The Bertz CT molecular complexity index is 462. The molecular weight excluding hydrogens is 296 g/mol. The standard InChI is InChI=1S/C17H30N2O4/c1-16(2,3)23-15(22)19-10-8-18(9-11-19)7-6-12-13(14(20)21)17(12,4)5/h12-13H,6-11H2,1-5H3,(H,20,21)/t12-,13+/m0/s1. The van der Waals surface area contributed by atoms with Crippen LogP contribution in [-0.2, 0) is 9.53 Å². The number of carboxylic acid groups (broad SMARTS) is 1. The molecule has 132 valence electrons. The van der Waals surface area contributed by atoms with Gasteiger partial charge in [0.25, 0.3) is 0 Å². The fourth-order valence-corrected chi connectivity index (χ4v) is 3.58. The molecule has 6 nitrogen and oxygen atoms in total. The van der Waals surface area contributed by atoms with Gasteiger partial charge in [-0.3, -0.25) is 9.69 Å². The lowest BCUT2D eigenvalue weighted by Crippen LogP contribution is -2.50. The van der Waals surface area contributed by atoms with Gasteiger partial charge in [0.05, 0.1) is 5.92 Å². The quantitative estimate of drug-likeness (QED) is 0.858. The second kappa shape index (κ2) is 6.30. The summed E-state index contributed by atoms with van der Waals surface area (Å²) in [6.07, 6.45) is 0.669. The van der Waals surface area contributed by atoms with E-state index in [1.54, 1.807) is 4.90 Å². The average molecular weight is 326 g/mol. The first-order valence-corrected chi connectivity index (χ1v) is 8.45. The van der Waals surface area contributed by atoms with Crippen molar-refractivity contribution in [2.45, 2.75) is 46.6 Å². The van der Waals surface area contributed by atoms with Gasteiger partial charge in [0.1, 0.15) is 5.60 Å². The molecule has 0 aromatic heterocycles. The number of carboxylic acids is 1. The summed E-state index contributed by atoms with van der Waals surface area (Å²) in [4.78, 5) is 27.3. The molecule has 0 radical (unpaired) electrons. The van der Waals surface area contributed by atoms with Crippen molar-refractivity contribution >= 4 is 12.1 Å². The molecule has 1 heterocycles. The van der Waals surface area contributed by atoms with Crippen LogP contribution < -0.4 is 0 Å².